The van der Waals surface area contributed by atoms with Crippen molar-refractivity contribution in [1.82, 2.24) is 0 Å². The van der Waals surface area contributed by atoms with E-state index in [2.05, 4.69) is 6.07 Å². The van der Waals surface area contributed by atoms with Gasteiger partial charge in [0.2, 0.25) is 0 Å². The Morgan fingerprint density at radius 2 is 2.09 bits per heavy atom. The molecular formula is C19H21NO3. The molecule has 0 unspecified atom stereocenters. The van der Waals surface area contributed by atoms with Gasteiger partial charge >= 0.3 is 0 Å². The first-order chi connectivity index (χ1) is 11.0. The van der Waals surface area contributed by atoms with E-state index in [1.807, 2.05) is 25.1 Å². The molecule has 0 bridgehead atoms. The van der Waals surface area contributed by atoms with Gasteiger partial charge in [0, 0.05) is 18.4 Å². The Morgan fingerprint density at radius 3 is 2.78 bits per heavy atom. The average Bonchev–Trinajstić information content (AvgIpc) is 2.57. The topological polar surface area (TPSA) is 67.2 Å². The van der Waals surface area contributed by atoms with E-state index in [0.717, 1.165) is 0 Å². The van der Waals surface area contributed by atoms with E-state index >= 15 is 0 Å². The molecule has 1 saturated heterocycles. The molecule has 120 valence electrons. The Bertz CT molecular complexity index is 663. The predicted octanol–water partition coefficient (Wildman–Crippen LogP) is 3.46. The number of fused-ring (bicyclic) bond motifs is 1. The van der Waals surface area contributed by atoms with Crippen molar-refractivity contribution in [3.8, 4) is 6.07 Å². The second-order valence-corrected chi connectivity index (χ2v) is 6.82. The van der Waals surface area contributed by atoms with Gasteiger partial charge < -0.3 is 4.74 Å². The lowest BCUT2D eigenvalue weighted by Crippen LogP contribution is -2.59. The number of hydrogen-bond acceptors (Lipinski definition) is 4. The van der Waals surface area contributed by atoms with Crippen LogP contribution in [0.5, 0.6) is 0 Å². The lowest BCUT2D eigenvalue weighted by Gasteiger charge is -2.51. The average molecular weight is 311 g/mol. The first-order valence-corrected chi connectivity index (χ1v) is 8.21. The predicted molar refractivity (Wildman–Crippen MR) is 84.8 cm³/mol. The summed E-state index contributed by atoms with van der Waals surface area (Å²) in [4.78, 5) is 24.7. The minimum atomic E-state index is -1.07. The molecule has 0 radical (unpaired) electrons. The number of carbonyl (C=O) groups excluding carboxylic acids is 2. The van der Waals surface area contributed by atoms with Crippen molar-refractivity contribution in [2.24, 2.45) is 5.41 Å². The zero-order valence-electron chi connectivity index (χ0n) is 13.4. The standard InChI is InChI=1S/C19H21NO3/c1-18-11-9-15(12-16(21)14-6-3-2-4-7-14)23-19(18,13-20)10-5-8-17(18)22/h2-4,6-7,15H,5,8-12H2,1H3/t15-,18+,19+/m0/s1. The molecule has 1 saturated carbocycles. The van der Waals surface area contributed by atoms with Crippen molar-refractivity contribution < 1.29 is 14.3 Å². The zero-order valence-corrected chi connectivity index (χ0v) is 13.4. The molecule has 0 spiro atoms. The van der Waals surface area contributed by atoms with Crippen LogP contribution in [-0.2, 0) is 9.53 Å². The molecule has 2 aliphatic rings. The van der Waals surface area contributed by atoms with E-state index in [1.54, 1.807) is 12.1 Å². The van der Waals surface area contributed by atoms with Gasteiger partial charge in [-0.1, -0.05) is 30.3 Å². The maximum absolute atomic E-state index is 12.4. The molecule has 2 fully saturated rings. The summed E-state index contributed by atoms with van der Waals surface area (Å²) >= 11 is 0. The molecule has 1 aromatic rings. The van der Waals surface area contributed by atoms with Crippen molar-refractivity contribution in [2.75, 3.05) is 0 Å². The summed E-state index contributed by atoms with van der Waals surface area (Å²) in [5.74, 6) is 0.146. The molecular weight excluding hydrogens is 290 g/mol. The number of benzene rings is 1. The Kier molecular flexibility index (Phi) is 4.08. The number of nitriles is 1. The highest BCUT2D eigenvalue weighted by molar-refractivity contribution is 5.96. The Morgan fingerprint density at radius 1 is 1.35 bits per heavy atom. The monoisotopic (exact) mass is 311 g/mol. The first kappa shape index (κ1) is 15.9. The molecule has 0 N–H and O–H groups in total. The molecule has 1 aromatic carbocycles. The number of Topliss-reactive ketones (excluding diaryl/α,β-unsaturated/α-hetero) is 2. The molecule has 4 heteroatoms. The fourth-order valence-electron chi connectivity index (χ4n) is 3.90. The van der Waals surface area contributed by atoms with Crippen LogP contribution in [0.15, 0.2) is 30.3 Å². The quantitative estimate of drug-likeness (QED) is 0.802. The van der Waals surface area contributed by atoms with E-state index in [4.69, 9.17) is 4.74 Å². The van der Waals surface area contributed by atoms with Crippen molar-refractivity contribution in [2.45, 2.75) is 57.2 Å². The van der Waals surface area contributed by atoms with Crippen molar-refractivity contribution in [1.29, 1.82) is 5.26 Å². The largest absolute Gasteiger partial charge is 0.355 e. The van der Waals surface area contributed by atoms with Crippen molar-refractivity contribution >= 4 is 11.6 Å². The molecule has 1 aliphatic heterocycles. The van der Waals surface area contributed by atoms with Crippen LogP contribution < -0.4 is 0 Å². The van der Waals surface area contributed by atoms with Gasteiger partial charge in [0.1, 0.15) is 5.78 Å². The molecule has 1 heterocycles. The third kappa shape index (κ3) is 2.60. The van der Waals surface area contributed by atoms with Crippen molar-refractivity contribution in [3.05, 3.63) is 35.9 Å². The second-order valence-electron chi connectivity index (χ2n) is 6.82. The second kappa shape index (κ2) is 5.90. The van der Waals surface area contributed by atoms with E-state index in [0.29, 0.717) is 37.7 Å². The van der Waals surface area contributed by atoms with Gasteiger partial charge in [-0.2, -0.15) is 5.26 Å². The maximum Gasteiger partial charge on any atom is 0.166 e. The summed E-state index contributed by atoms with van der Waals surface area (Å²) in [6.45, 7) is 1.85. The van der Waals surface area contributed by atoms with Crippen LogP contribution in [0, 0.1) is 16.7 Å². The number of nitrogens with zero attached hydrogens (tertiary/aromatic N) is 1. The summed E-state index contributed by atoms with van der Waals surface area (Å²) in [7, 11) is 0. The summed E-state index contributed by atoms with van der Waals surface area (Å²) < 4.78 is 6.09. The van der Waals surface area contributed by atoms with Crippen LogP contribution in [0.3, 0.4) is 0 Å². The lowest BCUT2D eigenvalue weighted by atomic mass is 9.60. The Balaban J connectivity index is 1.77. The minimum absolute atomic E-state index is 0.0226. The van der Waals surface area contributed by atoms with Crippen LogP contribution in [0.4, 0.5) is 0 Å². The molecule has 23 heavy (non-hydrogen) atoms. The van der Waals surface area contributed by atoms with Gasteiger partial charge in [0.15, 0.2) is 11.4 Å². The molecule has 4 nitrogen and oxygen atoms in total. The summed E-state index contributed by atoms with van der Waals surface area (Å²) in [6, 6.07) is 11.4. The van der Waals surface area contributed by atoms with E-state index in [1.165, 1.54) is 0 Å². The van der Waals surface area contributed by atoms with Crippen molar-refractivity contribution in [3.63, 3.8) is 0 Å². The fraction of sp³-hybridized carbons (Fsp3) is 0.526. The van der Waals surface area contributed by atoms with E-state index < -0.39 is 11.0 Å². The minimum Gasteiger partial charge on any atom is -0.355 e. The Hall–Kier alpha value is -1.99. The molecule has 3 rings (SSSR count). The normalized spacial score (nSPS) is 33.6. The SMILES string of the molecule is C[C@]12CC[C@@H](CC(=O)c3ccccc3)O[C@@]1(C#N)CCCC2=O. The molecule has 3 atom stereocenters. The fourth-order valence-corrected chi connectivity index (χ4v) is 3.90. The van der Waals surface area contributed by atoms with Gasteiger partial charge in [0.05, 0.1) is 17.6 Å². The number of carbonyl (C=O) groups is 2. The smallest absolute Gasteiger partial charge is 0.166 e. The zero-order chi connectivity index (χ0) is 16.5. The molecule has 0 amide bonds. The summed E-state index contributed by atoms with van der Waals surface area (Å²) in [5.41, 5.74) is -1.13. The van der Waals surface area contributed by atoms with Crippen LogP contribution in [0.1, 0.15) is 55.8 Å². The molecule has 0 aromatic heterocycles. The van der Waals surface area contributed by atoms with E-state index in [9.17, 15) is 14.9 Å². The summed E-state index contributed by atoms with van der Waals surface area (Å²) in [5, 5.41) is 9.72. The van der Waals surface area contributed by atoms with Crippen LogP contribution in [0.25, 0.3) is 0 Å². The van der Waals surface area contributed by atoms with Crippen LogP contribution in [-0.4, -0.2) is 23.3 Å². The first-order valence-electron chi connectivity index (χ1n) is 8.21. The Labute approximate surface area is 136 Å². The van der Waals surface area contributed by atoms with E-state index in [-0.39, 0.29) is 24.1 Å². The number of ether oxygens (including phenoxy) is 1. The van der Waals surface area contributed by atoms with Gasteiger partial charge in [-0.25, -0.2) is 0 Å². The van der Waals surface area contributed by atoms with Gasteiger partial charge in [-0.15, -0.1) is 0 Å². The third-order valence-corrected chi connectivity index (χ3v) is 5.46. The highest BCUT2D eigenvalue weighted by Gasteiger charge is 2.59. The van der Waals surface area contributed by atoms with Crippen LogP contribution >= 0.6 is 0 Å². The number of hydrogen-bond donors (Lipinski definition) is 0. The third-order valence-electron chi connectivity index (χ3n) is 5.46. The lowest BCUT2D eigenvalue weighted by molar-refractivity contribution is -0.189. The van der Waals surface area contributed by atoms with Gasteiger partial charge in [-0.05, 0) is 32.6 Å². The number of rotatable bonds is 3. The number of ketones is 2. The maximum atomic E-state index is 12.4. The van der Waals surface area contributed by atoms with Gasteiger partial charge in [0.25, 0.3) is 0 Å². The summed E-state index contributed by atoms with van der Waals surface area (Å²) in [6.07, 6.45) is 3.01. The van der Waals surface area contributed by atoms with Gasteiger partial charge in [-0.3, -0.25) is 9.59 Å². The van der Waals surface area contributed by atoms with Crippen LogP contribution in [0.2, 0.25) is 0 Å². The highest BCUT2D eigenvalue weighted by Crippen LogP contribution is 2.51. The highest BCUT2D eigenvalue weighted by atomic mass is 16.5. The molecule has 1 aliphatic carbocycles.